The third kappa shape index (κ3) is 4.85. The molecule has 0 fully saturated rings. The van der Waals surface area contributed by atoms with Crippen molar-refractivity contribution in [3.05, 3.63) is 78.0 Å². The van der Waals surface area contributed by atoms with Gasteiger partial charge in [0.1, 0.15) is 5.69 Å². The van der Waals surface area contributed by atoms with Crippen LogP contribution in [0.15, 0.2) is 66.7 Å². The van der Waals surface area contributed by atoms with Crippen molar-refractivity contribution in [2.45, 2.75) is 25.9 Å². The molecule has 6 heteroatoms. The molecule has 2 aromatic carbocycles. The summed E-state index contributed by atoms with van der Waals surface area (Å²) >= 11 is 0. The molecule has 2 N–H and O–H groups in total. The monoisotopic (exact) mass is 377 g/mol. The molecule has 1 aromatic heterocycles. The summed E-state index contributed by atoms with van der Waals surface area (Å²) in [5.74, 6) is -0.790. The molecule has 28 heavy (non-hydrogen) atoms. The van der Waals surface area contributed by atoms with Crippen LogP contribution >= 0.6 is 0 Å². The topological polar surface area (TPSA) is 84.1 Å². The van der Waals surface area contributed by atoms with Gasteiger partial charge in [-0.1, -0.05) is 67.6 Å². The average molecular weight is 377 g/mol. The Morgan fingerprint density at radius 1 is 1.04 bits per heavy atom. The number of benzene rings is 2. The minimum atomic E-state index is -0.904. The summed E-state index contributed by atoms with van der Waals surface area (Å²) in [4.78, 5) is 24.5. The fraction of sp³-hybridized carbons (Fsp3) is 0.227. The Balaban J connectivity index is 1.52. The Morgan fingerprint density at radius 2 is 1.68 bits per heavy atom. The quantitative estimate of drug-likeness (QED) is 0.617. The second-order valence-corrected chi connectivity index (χ2v) is 6.64. The summed E-state index contributed by atoms with van der Waals surface area (Å²) in [5, 5.41) is 9.62. The summed E-state index contributed by atoms with van der Waals surface area (Å²) in [6.07, 6.45) is -0.904. The van der Waals surface area contributed by atoms with E-state index in [1.54, 1.807) is 13.0 Å². The highest BCUT2D eigenvalue weighted by atomic mass is 16.5. The molecule has 0 saturated heterocycles. The molecular weight excluding hydrogens is 354 g/mol. The van der Waals surface area contributed by atoms with E-state index in [2.05, 4.69) is 15.5 Å². The maximum Gasteiger partial charge on any atom is 0.357 e. The lowest BCUT2D eigenvalue weighted by Crippen LogP contribution is -2.37. The Labute approximate surface area is 163 Å². The number of nitrogens with one attached hydrogen (secondary N) is 2. The number of amides is 1. The van der Waals surface area contributed by atoms with Crippen LogP contribution in [0.4, 0.5) is 0 Å². The van der Waals surface area contributed by atoms with Crippen LogP contribution in [0.1, 0.15) is 35.8 Å². The number of carbonyl (C=O) groups excluding carboxylic acids is 2. The van der Waals surface area contributed by atoms with E-state index in [1.807, 2.05) is 67.6 Å². The molecule has 2 atom stereocenters. The first-order chi connectivity index (χ1) is 13.5. The van der Waals surface area contributed by atoms with Crippen molar-refractivity contribution < 1.29 is 14.3 Å². The van der Waals surface area contributed by atoms with Gasteiger partial charge in [-0.15, -0.1) is 0 Å². The lowest BCUT2D eigenvalue weighted by atomic mass is 10.0. The molecule has 0 spiro atoms. The Morgan fingerprint density at radius 3 is 2.36 bits per heavy atom. The van der Waals surface area contributed by atoms with E-state index in [0.717, 1.165) is 11.1 Å². The lowest BCUT2D eigenvalue weighted by Gasteiger charge is -2.16. The second kappa shape index (κ2) is 8.99. The molecule has 0 unspecified atom stereocenters. The fourth-order valence-electron chi connectivity index (χ4n) is 2.76. The summed E-state index contributed by atoms with van der Waals surface area (Å²) in [5.41, 5.74) is 2.87. The van der Waals surface area contributed by atoms with Gasteiger partial charge in [-0.2, -0.15) is 5.10 Å². The highest BCUT2D eigenvalue weighted by Gasteiger charge is 2.21. The zero-order valence-corrected chi connectivity index (χ0v) is 15.9. The van der Waals surface area contributed by atoms with Crippen molar-refractivity contribution in [3.8, 4) is 11.3 Å². The van der Waals surface area contributed by atoms with Crippen LogP contribution in [0.25, 0.3) is 11.3 Å². The highest BCUT2D eigenvalue weighted by molar-refractivity contribution is 5.91. The molecule has 3 aromatic rings. The van der Waals surface area contributed by atoms with Crippen LogP contribution in [-0.2, 0) is 9.53 Å². The van der Waals surface area contributed by atoms with Crippen LogP contribution in [0.3, 0.4) is 0 Å². The minimum absolute atomic E-state index is 0.161. The van der Waals surface area contributed by atoms with Crippen molar-refractivity contribution in [3.63, 3.8) is 0 Å². The highest BCUT2D eigenvalue weighted by Crippen LogP contribution is 2.17. The van der Waals surface area contributed by atoms with Gasteiger partial charge in [0.15, 0.2) is 6.10 Å². The molecule has 0 aliphatic heterocycles. The first-order valence-electron chi connectivity index (χ1n) is 9.19. The SMILES string of the molecule is C[C@H](OC(=O)c1cc(-c2ccccc2)n[nH]1)C(=O)NC[C@H](C)c1ccccc1. The average Bonchev–Trinajstić information content (AvgIpc) is 3.23. The maximum atomic E-state index is 12.3. The van der Waals surface area contributed by atoms with Gasteiger partial charge >= 0.3 is 5.97 Å². The van der Waals surface area contributed by atoms with Gasteiger partial charge < -0.3 is 10.1 Å². The number of carbonyl (C=O) groups is 2. The minimum Gasteiger partial charge on any atom is -0.448 e. The van der Waals surface area contributed by atoms with Crippen LogP contribution in [0, 0.1) is 0 Å². The zero-order chi connectivity index (χ0) is 19.9. The maximum absolute atomic E-state index is 12.3. The van der Waals surface area contributed by atoms with E-state index in [4.69, 9.17) is 4.74 Å². The van der Waals surface area contributed by atoms with Gasteiger partial charge in [0.25, 0.3) is 5.91 Å². The van der Waals surface area contributed by atoms with E-state index < -0.39 is 12.1 Å². The number of nitrogens with zero attached hydrogens (tertiary/aromatic N) is 1. The Kier molecular flexibility index (Phi) is 6.22. The van der Waals surface area contributed by atoms with Gasteiger partial charge in [-0.25, -0.2) is 4.79 Å². The summed E-state index contributed by atoms with van der Waals surface area (Å²) in [6.45, 7) is 4.05. The molecular formula is C22H23N3O3. The molecule has 0 aliphatic carbocycles. The van der Waals surface area contributed by atoms with Crippen molar-refractivity contribution in [2.75, 3.05) is 6.54 Å². The largest absolute Gasteiger partial charge is 0.448 e. The predicted octanol–water partition coefficient (Wildman–Crippen LogP) is 3.54. The molecule has 1 heterocycles. The van der Waals surface area contributed by atoms with Gasteiger partial charge in [0.2, 0.25) is 0 Å². The van der Waals surface area contributed by atoms with Gasteiger partial charge in [-0.3, -0.25) is 9.89 Å². The molecule has 0 bridgehead atoms. The summed E-state index contributed by atoms with van der Waals surface area (Å²) in [7, 11) is 0. The van der Waals surface area contributed by atoms with E-state index in [1.165, 1.54) is 0 Å². The van der Waals surface area contributed by atoms with Crippen molar-refractivity contribution in [1.82, 2.24) is 15.5 Å². The molecule has 0 saturated carbocycles. The van der Waals surface area contributed by atoms with Crippen LogP contribution in [0.2, 0.25) is 0 Å². The smallest absolute Gasteiger partial charge is 0.357 e. The zero-order valence-electron chi connectivity index (χ0n) is 15.9. The van der Waals surface area contributed by atoms with E-state index in [0.29, 0.717) is 12.2 Å². The number of hydrogen-bond acceptors (Lipinski definition) is 4. The van der Waals surface area contributed by atoms with Crippen molar-refractivity contribution in [1.29, 1.82) is 0 Å². The van der Waals surface area contributed by atoms with E-state index >= 15 is 0 Å². The van der Waals surface area contributed by atoms with Crippen LogP contribution in [0.5, 0.6) is 0 Å². The molecule has 144 valence electrons. The number of hydrogen-bond donors (Lipinski definition) is 2. The number of rotatable bonds is 7. The Bertz CT molecular complexity index is 922. The molecule has 0 aliphatic rings. The third-order valence-electron chi connectivity index (χ3n) is 4.47. The van der Waals surface area contributed by atoms with E-state index in [9.17, 15) is 9.59 Å². The van der Waals surface area contributed by atoms with Gasteiger partial charge in [0.05, 0.1) is 5.69 Å². The molecule has 1 amide bonds. The van der Waals surface area contributed by atoms with Gasteiger partial charge in [-0.05, 0) is 24.5 Å². The van der Waals surface area contributed by atoms with Crippen molar-refractivity contribution >= 4 is 11.9 Å². The molecule has 0 radical (unpaired) electrons. The Hall–Kier alpha value is -3.41. The summed E-state index contributed by atoms with van der Waals surface area (Å²) in [6, 6.07) is 21.0. The number of ether oxygens (including phenoxy) is 1. The van der Waals surface area contributed by atoms with Crippen LogP contribution < -0.4 is 5.32 Å². The van der Waals surface area contributed by atoms with Gasteiger partial charge in [0, 0.05) is 12.1 Å². The lowest BCUT2D eigenvalue weighted by molar-refractivity contribution is -0.129. The molecule has 6 nitrogen and oxygen atoms in total. The standard InChI is InChI=1S/C22H23N3O3/c1-15(17-9-5-3-6-10-17)14-23-21(26)16(2)28-22(27)20-13-19(24-25-20)18-11-7-4-8-12-18/h3-13,15-16H,14H2,1-2H3,(H,23,26)(H,24,25)/t15-,16-/m0/s1. The normalized spacial score (nSPS) is 12.8. The number of H-pyrrole nitrogens is 1. The van der Waals surface area contributed by atoms with E-state index in [-0.39, 0.29) is 17.5 Å². The third-order valence-corrected chi connectivity index (χ3v) is 4.47. The first-order valence-corrected chi connectivity index (χ1v) is 9.19. The fourth-order valence-corrected chi connectivity index (χ4v) is 2.76. The van der Waals surface area contributed by atoms with Crippen molar-refractivity contribution in [2.24, 2.45) is 0 Å². The predicted molar refractivity (Wildman–Crippen MR) is 107 cm³/mol. The number of aromatic nitrogens is 2. The second-order valence-electron chi connectivity index (χ2n) is 6.64. The molecule has 3 rings (SSSR count). The number of aromatic amines is 1. The first kappa shape index (κ1) is 19.4. The van der Waals surface area contributed by atoms with Crippen LogP contribution in [-0.4, -0.2) is 34.7 Å². The summed E-state index contributed by atoms with van der Waals surface area (Å²) < 4.78 is 5.26. The number of esters is 1.